The zero-order valence-corrected chi connectivity index (χ0v) is 13.7. The number of ether oxygens (including phenoxy) is 1. The smallest absolute Gasteiger partial charge is 0.339 e. The van der Waals surface area contributed by atoms with E-state index in [1.165, 1.54) is 0 Å². The first kappa shape index (κ1) is 16.6. The molecule has 126 valence electrons. The Morgan fingerprint density at radius 3 is 2.25 bits per heavy atom. The summed E-state index contributed by atoms with van der Waals surface area (Å²) in [5, 5.41) is 0. The van der Waals surface area contributed by atoms with E-state index < -0.39 is 22.3 Å². The molecule has 0 unspecified atom stereocenters. The van der Waals surface area contributed by atoms with Crippen LogP contribution in [0.15, 0.2) is 60.7 Å². The highest BCUT2D eigenvalue weighted by Gasteiger charge is 2.43. The van der Waals surface area contributed by atoms with Crippen LogP contribution in [0.5, 0.6) is 0 Å². The van der Waals surface area contributed by atoms with Gasteiger partial charge in [-0.3, -0.25) is 8.98 Å². The molecular weight excluding hydrogens is 330 g/mol. The van der Waals surface area contributed by atoms with Gasteiger partial charge < -0.3 is 4.74 Å². The molecule has 1 aliphatic rings. The molecule has 6 nitrogen and oxygen atoms in total. The van der Waals surface area contributed by atoms with Crippen LogP contribution in [0.1, 0.15) is 11.1 Å². The number of nitrogens with zero attached hydrogens (tertiary/aromatic N) is 1. The summed E-state index contributed by atoms with van der Waals surface area (Å²) in [6, 6.07) is 17.3. The van der Waals surface area contributed by atoms with Crippen LogP contribution >= 0.6 is 0 Å². The highest BCUT2D eigenvalue weighted by molar-refractivity contribution is 7.84. The zero-order valence-electron chi connectivity index (χ0n) is 12.9. The van der Waals surface area contributed by atoms with E-state index in [4.69, 9.17) is 8.92 Å². The maximum atomic E-state index is 12.3. The summed E-state index contributed by atoms with van der Waals surface area (Å²) in [4.78, 5) is 12.3. The van der Waals surface area contributed by atoms with Crippen LogP contribution in [0, 0.1) is 0 Å². The summed E-state index contributed by atoms with van der Waals surface area (Å²) < 4.78 is 35.2. The lowest BCUT2D eigenvalue weighted by molar-refractivity contribution is -0.149. The normalized spacial score (nSPS) is 19.9. The van der Waals surface area contributed by atoms with Crippen molar-refractivity contribution >= 4 is 16.3 Å². The predicted octanol–water partition coefficient (Wildman–Crippen LogP) is 1.88. The van der Waals surface area contributed by atoms with Crippen molar-refractivity contribution in [2.75, 3.05) is 6.61 Å². The molecule has 0 bridgehead atoms. The standard InChI is InChI=1S/C17H17NO5S/c19-17(22-12-15-9-5-2-6-10-15)16-13-23-24(20,21)18(16)11-14-7-3-1-4-8-14/h1-10,16H,11-13H2/t16-/m0/s1. The van der Waals surface area contributed by atoms with Crippen molar-refractivity contribution in [1.82, 2.24) is 4.31 Å². The highest BCUT2D eigenvalue weighted by atomic mass is 32.2. The van der Waals surface area contributed by atoms with Crippen molar-refractivity contribution in [3.05, 3.63) is 71.8 Å². The summed E-state index contributed by atoms with van der Waals surface area (Å²) in [6.45, 7) is -0.0769. The van der Waals surface area contributed by atoms with E-state index in [2.05, 4.69) is 0 Å². The second-order valence-corrected chi connectivity index (χ2v) is 6.94. The van der Waals surface area contributed by atoms with Crippen LogP contribution < -0.4 is 0 Å². The second-order valence-electron chi connectivity index (χ2n) is 5.38. The monoisotopic (exact) mass is 347 g/mol. The van der Waals surface area contributed by atoms with Gasteiger partial charge in [0.15, 0.2) is 0 Å². The fourth-order valence-corrected chi connectivity index (χ4v) is 3.62. The molecule has 24 heavy (non-hydrogen) atoms. The Morgan fingerprint density at radius 2 is 1.62 bits per heavy atom. The molecule has 0 aliphatic carbocycles. The Labute approximate surface area is 140 Å². The molecule has 7 heteroatoms. The molecule has 1 atom stereocenters. The number of hydrogen-bond acceptors (Lipinski definition) is 5. The molecule has 0 aromatic heterocycles. The molecule has 0 amide bonds. The third-order valence-electron chi connectivity index (χ3n) is 3.69. The van der Waals surface area contributed by atoms with Crippen LogP contribution in [0.25, 0.3) is 0 Å². The summed E-state index contributed by atoms with van der Waals surface area (Å²) >= 11 is 0. The van der Waals surface area contributed by atoms with Crippen LogP contribution in [0.4, 0.5) is 0 Å². The van der Waals surface area contributed by atoms with Crippen LogP contribution in [0.2, 0.25) is 0 Å². The zero-order chi connectivity index (χ0) is 17.0. The van der Waals surface area contributed by atoms with Crippen LogP contribution in [-0.2, 0) is 37.2 Å². The van der Waals surface area contributed by atoms with Gasteiger partial charge in [-0.05, 0) is 11.1 Å². The van der Waals surface area contributed by atoms with Gasteiger partial charge in [-0.2, -0.15) is 12.7 Å². The molecule has 0 N–H and O–H groups in total. The van der Waals surface area contributed by atoms with E-state index in [9.17, 15) is 13.2 Å². The Hall–Kier alpha value is -2.22. The molecule has 2 aromatic carbocycles. The minimum absolute atomic E-state index is 0.0638. The van der Waals surface area contributed by atoms with Gasteiger partial charge in [0.25, 0.3) is 0 Å². The Morgan fingerprint density at radius 1 is 1.04 bits per heavy atom. The number of benzene rings is 2. The van der Waals surface area contributed by atoms with Crippen molar-refractivity contribution in [3.63, 3.8) is 0 Å². The third-order valence-corrected chi connectivity index (χ3v) is 5.08. The average molecular weight is 347 g/mol. The van der Waals surface area contributed by atoms with E-state index in [1.54, 1.807) is 12.1 Å². The number of esters is 1. The Bertz CT molecular complexity index is 792. The first-order valence-corrected chi connectivity index (χ1v) is 8.83. The van der Waals surface area contributed by atoms with E-state index in [1.807, 2.05) is 48.5 Å². The number of carbonyl (C=O) groups is 1. The topological polar surface area (TPSA) is 72.9 Å². The van der Waals surface area contributed by atoms with E-state index in [-0.39, 0.29) is 19.8 Å². The highest BCUT2D eigenvalue weighted by Crippen LogP contribution is 2.23. The van der Waals surface area contributed by atoms with E-state index in [0.29, 0.717) is 0 Å². The van der Waals surface area contributed by atoms with Crippen molar-refractivity contribution in [2.45, 2.75) is 19.2 Å². The van der Waals surface area contributed by atoms with Gasteiger partial charge in [0.2, 0.25) is 0 Å². The number of hydrogen-bond donors (Lipinski definition) is 0. The number of rotatable bonds is 5. The van der Waals surface area contributed by atoms with Crippen molar-refractivity contribution < 1.29 is 22.1 Å². The van der Waals surface area contributed by atoms with Crippen molar-refractivity contribution in [3.8, 4) is 0 Å². The molecule has 0 spiro atoms. The van der Waals surface area contributed by atoms with E-state index in [0.717, 1.165) is 15.4 Å². The fraction of sp³-hybridized carbons (Fsp3) is 0.235. The summed E-state index contributed by atoms with van der Waals surface area (Å²) in [5.74, 6) is -0.615. The van der Waals surface area contributed by atoms with Gasteiger partial charge in [-0.1, -0.05) is 60.7 Å². The molecule has 1 fully saturated rings. The Balaban J connectivity index is 1.70. The predicted molar refractivity (Wildman–Crippen MR) is 86.9 cm³/mol. The largest absolute Gasteiger partial charge is 0.460 e. The maximum absolute atomic E-state index is 12.3. The Kier molecular flexibility index (Phi) is 4.94. The van der Waals surface area contributed by atoms with Gasteiger partial charge in [0.1, 0.15) is 12.6 Å². The average Bonchev–Trinajstić information content (AvgIpc) is 2.89. The van der Waals surface area contributed by atoms with Gasteiger partial charge >= 0.3 is 16.3 Å². The van der Waals surface area contributed by atoms with Crippen LogP contribution in [0.3, 0.4) is 0 Å². The molecule has 2 aromatic rings. The SMILES string of the molecule is O=C(OCc1ccccc1)[C@@H]1COS(=O)(=O)N1Cc1ccccc1. The molecule has 0 saturated carbocycles. The van der Waals surface area contributed by atoms with Gasteiger partial charge in [-0.15, -0.1) is 0 Å². The third kappa shape index (κ3) is 3.81. The molecule has 1 aliphatic heterocycles. The van der Waals surface area contributed by atoms with Crippen LogP contribution in [-0.4, -0.2) is 31.3 Å². The minimum Gasteiger partial charge on any atom is -0.460 e. The fourth-order valence-electron chi connectivity index (χ4n) is 2.42. The van der Waals surface area contributed by atoms with Gasteiger partial charge in [0, 0.05) is 6.54 Å². The maximum Gasteiger partial charge on any atom is 0.339 e. The first-order chi connectivity index (χ1) is 11.6. The molecule has 0 radical (unpaired) electrons. The van der Waals surface area contributed by atoms with Gasteiger partial charge in [-0.25, -0.2) is 0 Å². The van der Waals surface area contributed by atoms with Crippen molar-refractivity contribution in [1.29, 1.82) is 0 Å². The number of carbonyl (C=O) groups excluding carboxylic acids is 1. The van der Waals surface area contributed by atoms with Gasteiger partial charge in [0.05, 0.1) is 6.61 Å². The molecule has 1 saturated heterocycles. The summed E-state index contributed by atoms with van der Waals surface area (Å²) in [6.07, 6.45) is 0. The quantitative estimate of drug-likeness (QED) is 0.772. The minimum atomic E-state index is -3.93. The lowest BCUT2D eigenvalue weighted by Gasteiger charge is -2.19. The second kappa shape index (κ2) is 7.12. The summed E-state index contributed by atoms with van der Waals surface area (Å²) in [7, 11) is -3.93. The first-order valence-electron chi connectivity index (χ1n) is 7.47. The lowest BCUT2D eigenvalue weighted by atomic mass is 10.2. The lowest BCUT2D eigenvalue weighted by Crippen LogP contribution is -2.40. The molecule has 1 heterocycles. The molecule has 3 rings (SSSR count). The summed E-state index contributed by atoms with van der Waals surface area (Å²) in [5.41, 5.74) is 1.61. The molecular formula is C17H17NO5S. The van der Waals surface area contributed by atoms with E-state index >= 15 is 0 Å². The van der Waals surface area contributed by atoms with Crippen molar-refractivity contribution in [2.24, 2.45) is 0 Å².